The molecule has 2 amide bonds. The van der Waals surface area contributed by atoms with Crippen molar-refractivity contribution < 1.29 is 23.9 Å². The van der Waals surface area contributed by atoms with E-state index in [4.69, 9.17) is 9.52 Å². The summed E-state index contributed by atoms with van der Waals surface area (Å²) in [5.41, 5.74) is 0.609. The van der Waals surface area contributed by atoms with Crippen LogP contribution in [0.3, 0.4) is 0 Å². The van der Waals surface area contributed by atoms with E-state index >= 15 is 0 Å². The van der Waals surface area contributed by atoms with E-state index in [1.807, 2.05) is 6.92 Å². The first-order valence-electron chi connectivity index (χ1n) is 6.80. The lowest BCUT2D eigenvalue weighted by atomic mass is 10.2. The van der Waals surface area contributed by atoms with Gasteiger partial charge in [0.15, 0.2) is 0 Å². The molecule has 1 aliphatic rings. The number of furan rings is 1. The van der Waals surface area contributed by atoms with Gasteiger partial charge in [-0.25, -0.2) is 4.79 Å². The molecule has 1 aliphatic heterocycles. The van der Waals surface area contributed by atoms with Gasteiger partial charge >= 0.3 is 5.97 Å². The van der Waals surface area contributed by atoms with Crippen LogP contribution < -0.4 is 0 Å². The maximum absolute atomic E-state index is 12.1. The normalized spacial score (nSPS) is 15.7. The highest BCUT2D eigenvalue weighted by molar-refractivity contribution is 5.92. The summed E-state index contributed by atoms with van der Waals surface area (Å²) in [6, 6.07) is 1.40. The van der Waals surface area contributed by atoms with E-state index in [0.29, 0.717) is 17.9 Å². The van der Waals surface area contributed by atoms with Crippen LogP contribution in [0.1, 0.15) is 35.2 Å². The van der Waals surface area contributed by atoms with Crippen molar-refractivity contribution >= 4 is 17.8 Å². The van der Waals surface area contributed by atoms with E-state index in [1.165, 1.54) is 11.0 Å². The molecule has 0 saturated carbocycles. The molecule has 21 heavy (non-hydrogen) atoms. The second-order valence-electron chi connectivity index (χ2n) is 5.06. The second kappa shape index (κ2) is 5.99. The highest BCUT2D eigenvalue weighted by Gasteiger charge is 2.30. The summed E-state index contributed by atoms with van der Waals surface area (Å²) in [5, 5.41) is 8.88. The SMILES string of the molecule is CCCN1CC(=O)N(Cc2cc(C(=O)O)oc2C)CC1=O. The maximum atomic E-state index is 12.1. The monoisotopic (exact) mass is 294 g/mol. The Labute approximate surface area is 122 Å². The summed E-state index contributed by atoms with van der Waals surface area (Å²) < 4.78 is 5.11. The van der Waals surface area contributed by atoms with Gasteiger partial charge in [-0.05, 0) is 19.4 Å². The Hall–Kier alpha value is -2.31. The molecule has 1 N–H and O–H groups in total. The molecule has 2 heterocycles. The topological polar surface area (TPSA) is 91.1 Å². The number of hydrogen-bond donors (Lipinski definition) is 1. The van der Waals surface area contributed by atoms with Crippen LogP contribution in [0.25, 0.3) is 0 Å². The molecule has 1 fully saturated rings. The number of aryl methyl sites for hydroxylation is 1. The predicted molar refractivity (Wildman–Crippen MR) is 72.7 cm³/mol. The maximum Gasteiger partial charge on any atom is 0.371 e. The van der Waals surface area contributed by atoms with Gasteiger partial charge in [0.05, 0.1) is 6.54 Å². The van der Waals surface area contributed by atoms with E-state index in [1.54, 1.807) is 11.8 Å². The Kier molecular flexibility index (Phi) is 4.30. The molecule has 0 bridgehead atoms. The number of carboxylic acid groups (broad SMARTS) is 1. The molecule has 0 aliphatic carbocycles. The standard InChI is InChI=1S/C14H18N2O5/c1-3-4-15-7-13(18)16(8-12(15)17)6-10-5-11(14(19)20)21-9(10)2/h5H,3-4,6-8H2,1-2H3,(H,19,20). The number of aromatic carboxylic acids is 1. The molecule has 0 spiro atoms. The Balaban J connectivity index is 2.08. The summed E-state index contributed by atoms with van der Waals surface area (Å²) in [4.78, 5) is 37.8. The van der Waals surface area contributed by atoms with Gasteiger partial charge in [0.25, 0.3) is 0 Å². The van der Waals surface area contributed by atoms with Gasteiger partial charge in [-0.3, -0.25) is 9.59 Å². The Morgan fingerprint density at radius 1 is 1.29 bits per heavy atom. The van der Waals surface area contributed by atoms with Gasteiger partial charge in [0, 0.05) is 18.7 Å². The third kappa shape index (κ3) is 3.24. The number of carbonyl (C=O) groups is 3. The summed E-state index contributed by atoms with van der Waals surface area (Å²) in [7, 11) is 0. The molecule has 7 nitrogen and oxygen atoms in total. The first-order valence-corrected chi connectivity index (χ1v) is 6.80. The fourth-order valence-corrected chi connectivity index (χ4v) is 2.31. The van der Waals surface area contributed by atoms with Crippen LogP contribution in [-0.2, 0) is 16.1 Å². The Bertz CT molecular complexity index is 578. The van der Waals surface area contributed by atoms with Gasteiger partial charge in [-0.1, -0.05) is 6.92 Å². The van der Waals surface area contributed by atoms with Gasteiger partial charge in [-0.15, -0.1) is 0 Å². The zero-order chi connectivity index (χ0) is 15.6. The summed E-state index contributed by atoms with van der Waals surface area (Å²) >= 11 is 0. The Morgan fingerprint density at radius 3 is 2.48 bits per heavy atom. The highest BCUT2D eigenvalue weighted by atomic mass is 16.4. The fourth-order valence-electron chi connectivity index (χ4n) is 2.31. The van der Waals surface area contributed by atoms with Crippen molar-refractivity contribution in [3.63, 3.8) is 0 Å². The van der Waals surface area contributed by atoms with E-state index in [2.05, 4.69) is 0 Å². The van der Waals surface area contributed by atoms with Crippen LogP contribution >= 0.6 is 0 Å². The number of carbonyl (C=O) groups excluding carboxylic acids is 2. The average molecular weight is 294 g/mol. The molecular formula is C14H18N2O5. The zero-order valence-electron chi connectivity index (χ0n) is 12.1. The molecule has 7 heteroatoms. The number of piperazine rings is 1. The lowest BCUT2D eigenvalue weighted by molar-refractivity contribution is -0.150. The quantitative estimate of drug-likeness (QED) is 0.870. The molecule has 0 radical (unpaired) electrons. The third-order valence-electron chi connectivity index (χ3n) is 3.44. The molecule has 2 rings (SSSR count). The van der Waals surface area contributed by atoms with Crippen molar-refractivity contribution in [2.75, 3.05) is 19.6 Å². The highest BCUT2D eigenvalue weighted by Crippen LogP contribution is 2.18. The van der Waals surface area contributed by atoms with Gasteiger partial charge < -0.3 is 19.3 Å². The largest absolute Gasteiger partial charge is 0.475 e. The number of nitrogens with zero attached hydrogens (tertiary/aromatic N) is 2. The Morgan fingerprint density at radius 2 is 1.90 bits per heavy atom. The summed E-state index contributed by atoms with van der Waals surface area (Å²) in [6.07, 6.45) is 0.807. The molecule has 0 aromatic carbocycles. The first-order chi connectivity index (χ1) is 9.92. The third-order valence-corrected chi connectivity index (χ3v) is 3.44. The van der Waals surface area contributed by atoms with Crippen molar-refractivity contribution in [3.05, 3.63) is 23.2 Å². The van der Waals surface area contributed by atoms with Gasteiger partial charge in [-0.2, -0.15) is 0 Å². The van der Waals surface area contributed by atoms with Crippen LogP contribution in [0.15, 0.2) is 10.5 Å². The molecule has 1 aromatic rings. The van der Waals surface area contributed by atoms with Crippen molar-refractivity contribution in [1.82, 2.24) is 9.80 Å². The van der Waals surface area contributed by atoms with Gasteiger partial charge in [0.2, 0.25) is 17.6 Å². The lowest BCUT2D eigenvalue weighted by Crippen LogP contribution is -2.53. The molecule has 1 saturated heterocycles. The number of hydrogen-bond acceptors (Lipinski definition) is 4. The van der Waals surface area contributed by atoms with Crippen LogP contribution in [0, 0.1) is 6.92 Å². The smallest absolute Gasteiger partial charge is 0.371 e. The van der Waals surface area contributed by atoms with Crippen LogP contribution in [0.4, 0.5) is 0 Å². The van der Waals surface area contributed by atoms with E-state index < -0.39 is 5.97 Å². The van der Waals surface area contributed by atoms with E-state index in [0.717, 1.165) is 6.42 Å². The minimum absolute atomic E-state index is 0.0197. The minimum Gasteiger partial charge on any atom is -0.475 e. The van der Waals surface area contributed by atoms with Crippen LogP contribution in [-0.4, -0.2) is 52.3 Å². The molecular weight excluding hydrogens is 276 g/mol. The number of amides is 2. The summed E-state index contributed by atoms with van der Waals surface area (Å²) in [5.74, 6) is -1.09. The first kappa shape index (κ1) is 15.1. The minimum atomic E-state index is -1.15. The zero-order valence-corrected chi connectivity index (χ0v) is 12.1. The second-order valence-corrected chi connectivity index (χ2v) is 5.06. The van der Waals surface area contributed by atoms with E-state index in [-0.39, 0.29) is 37.2 Å². The van der Waals surface area contributed by atoms with Crippen molar-refractivity contribution in [2.45, 2.75) is 26.8 Å². The van der Waals surface area contributed by atoms with Gasteiger partial charge in [0.1, 0.15) is 12.3 Å². The molecule has 0 atom stereocenters. The van der Waals surface area contributed by atoms with Crippen LogP contribution in [0.5, 0.6) is 0 Å². The molecule has 0 unspecified atom stereocenters. The predicted octanol–water partition coefficient (Wildman–Crippen LogP) is 0.867. The van der Waals surface area contributed by atoms with E-state index in [9.17, 15) is 14.4 Å². The lowest BCUT2D eigenvalue weighted by Gasteiger charge is -2.33. The summed E-state index contributed by atoms with van der Waals surface area (Å²) in [6.45, 7) is 4.45. The van der Waals surface area contributed by atoms with Crippen molar-refractivity contribution in [1.29, 1.82) is 0 Å². The molecule has 1 aromatic heterocycles. The van der Waals surface area contributed by atoms with Crippen molar-refractivity contribution in [3.8, 4) is 0 Å². The number of rotatable bonds is 5. The van der Waals surface area contributed by atoms with Crippen molar-refractivity contribution in [2.24, 2.45) is 0 Å². The molecule has 114 valence electrons. The fraction of sp³-hybridized carbons (Fsp3) is 0.500. The van der Waals surface area contributed by atoms with Crippen LogP contribution in [0.2, 0.25) is 0 Å². The average Bonchev–Trinajstić information content (AvgIpc) is 2.77. The number of carboxylic acids is 1.